The van der Waals surface area contributed by atoms with Gasteiger partial charge in [-0.3, -0.25) is 19.1 Å². The molecule has 156 valence electrons. The standard InChI is InChI=1S/C9H10ClN5.C9H11N5O/c1-6-7(5-12-15(6)2)13-9-11-4-3-8(10)14-9;1-6-7(5-11-14(6)2)12-9-10-4-3-8(15)13-9/h3-5H,1-2H3,(H,11,13,14);3-5H,1-2H3,(H2,10,12,13,15). The molecule has 0 saturated heterocycles. The van der Waals surface area contributed by atoms with E-state index in [1.165, 1.54) is 12.3 Å². The van der Waals surface area contributed by atoms with E-state index in [9.17, 15) is 4.79 Å². The zero-order valence-electron chi connectivity index (χ0n) is 16.9. The van der Waals surface area contributed by atoms with Gasteiger partial charge >= 0.3 is 0 Å². The number of aryl methyl sites for hydroxylation is 2. The first-order valence-electron chi connectivity index (χ1n) is 8.88. The molecule has 4 aromatic rings. The largest absolute Gasteiger partial charge is 0.323 e. The molecule has 0 atom stereocenters. The number of H-pyrrole nitrogens is 1. The van der Waals surface area contributed by atoms with E-state index in [4.69, 9.17) is 11.6 Å². The maximum Gasteiger partial charge on any atom is 0.252 e. The van der Waals surface area contributed by atoms with Crippen molar-refractivity contribution in [3.8, 4) is 0 Å². The molecule has 0 aliphatic carbocycles. The van der Waals surface area contributed by atoms with Crippen LogP contribution in [0.5, 0.6) is 0 Å². The summed E-state index contributed by atoms with van der Waals surface area (Å²) >= 11 is 5.74. The van der Waals surface area contributed by atoms with E-state index >= 15 is 0 Å². The Kier molecular flexibility index (Phi) is 6.42. The lowest BCUT2D eigenvalue weighted by molar-refractivity contribution is 0.740. The molecular formula is C18H21ClN10O. The minimum atomic E-state index is -0.186. The van der Waals surface area contributed by atoms with Gasteiger partial charge in [0.2, 0.25) is 11.9 Å². The van der Waals surface area contributed by atoms with Crippen molar-refractivity contribution in [2.75, 3.05) is 10.6 Å². The lowest BCUT2D eigenvalue weighted by Crippen LogP contribution is -2.08. The Morgan fingerprint density at radius 2 is 1.53 bits per heavy atom. The van der Waals surface area contributed by atoms with Crippen LogP contribution in [0.1, 0.15) is 11.4 Å². The Balaban J connectivity index is 0.000000171. The smallest absolute Gasteiger partial charge is 0.252 e. The molecule has 30 heavy (non-hydrogen) atoms. The highest BCUT2D eigenvalue weighted by molar-refractivity contribution is 6.29. The predicted octanol–water partition coefficient (Wildman–Crippen LogP) is 2.47. The van der Waals surface area contributed by atoms with Crippen molar-refractivity contribution >= 4 is 34.9 Å². The van der Waals surface area contributed by atoms with Crippen LogP contribution in [-0.4, -0.2) is 39.5 Å². The minimum Gasteiger partial charge on any atom is -0.323 e. The Bertz CT molecular complexity index is 1200. The number of aromatic amines is 1. The Morgan fingerprint density at radius 3 is 2.07 bits per heavy atom. The number of aromatic nitrogens is 8. The van der Waals surface area contributed by atoms with Crippen LogP contribution in [0.25, 0.3) is 0 Å². The van der Waals surface area contributed by atoms with Crippen molar-refractivity contribution in [1.29, 1.82) is 0 Å². The van der Waals surface area contributed by atoms with Crippen molar-refractivity contribution in [3.05, 3.63) is 63.8 Å². The molecule has 11 nitrogen and oxygen atoms in total. The highest BCUT2D eigenvalue weighted by Gasteiger charge is 2.05. The predicted molar refractivity (Wildman–Crippen MR) is 114 cm³/mol. The Labute approximate surface area is 177 Å². The highest BCUT2D eigenvalue weighted by atomic mass is 35.5. The molecule has 4 rings (SSSR count). The lowest BCUT2D eigenvalue weighted by atomic mass is 10.4. The SMILES string of the molecule is Cc1c(Nc2nccc(=O)[nH]2)cnn1C.Cc1c(Nc2nccc(Cl)n2)cnn1C. The van der Waals surface area contributed by atoms with Gasteiger partial charge in [-0.1, -0.05) is 11.6 Å². The molecule has 0 bridgehead atoms. The normalized spacial score (nSPS) is 10.3. The van der Waals surface area contributed by atoms with E-state index in [1.54, 1.807) is 34.0 Å². The number of nitrogens with zero attached hydrogens (tertiary/aromatic N) is 7. The second-order valence-electron chi connectivity index (χ2n) is 6.27. The van der Waals surface area contributed by atoms with Crippen LogP contribution < -0.4 is 16.2 Å². The summed E-state index contributed by atoms with van der Waals surface area (Å²) in [5.74, 6) is 0.886. The zero-order valence-corrected chi connectivity index (χ0v) is 17.6. The summed E-state index contributed by atoms with van der Waals surface area (Å²) < 4.78 is 3.51. The molecular weight excluding hydrogens is 408 g/mol. The number of hydrogen-bond donors (Lipinski definition) is 3. The van der Waals surface area contributed by atoms with Gasteiger partial charge in [-0.05, 0) is 19.9 Å². The van der Waals surface area contributed by atoms with E-state index in [-0.39, 0.29) is 5.56 Å². The summed E-state index contributed by atoms with van der Waals surface area (Å²) in [4.78, 5) is 25.6. The molecule has 0 aliphatic heterocycles. The first-order chi connectivity index (χ1) is 14.3. The fraction of sp³-hybridized carbons (Fsp3) is 0.222. The third kappa shape index (κ3) is 5.20. The van der Waals surface area contributed by atoms with Gasteiger partial charge in [0, 0.05) is 32.6 Å². The van der Waals surface area contributed by atoms with Crippen LogP contribution >= 0.6 is 11.6 Å². The molecule has 0 aliphatic rings. The Morgan fingerprint density at radius 1 is 0.933 bits per heavy atom. The van der Waals surface area contributed by atoms with Crippen molar-refractivity contribution < 1.29 is 0 Å². The number of anilines is 4. The molecule has 0 spiro atoms. The number of nitrogens with one attached hydrogen (secondary N) is 3. The fourth-order valence-corrected chi connectivity index (χ4v) is 2.46. The maximum atomic E-state index is 11.0. The van der Waals surface area contributed by atoms with Crippen LogP contribution in [0.2, 0.25) is 5.15 Å². The molecule has 4 aromatic heterocycles. The fourth-order valence-electron chi connectivity index (χ4n) is 2.32. The summed E-state index contributed by atoms with van der Waals surface area (Å²) in [5.41, 5.74) is 3.50. The first kappa shape index (κ1) is 21.0. The van der Waals surface area contributed by atoms with E-state index in [2.05, 4.69) is 40.8 Å². The molecule has 0 radical (unpaired) electrons. The average molecular weight is 429 g/mol. The van der Waals surface area contributed by atoms with Gasteiger partial charge in [0.25, 0.3) is 5.56 Å². The van der Waals surface area contributed by atoms with E-state index in [0.717, 1.165) is 22.8 Å². The van der Waals surface area contributed by atoms with Gasteiger partial charge < -0.3 is 10.6 Å². The Hall–Kier alpha value is -3.73. The average Bonchev–Trinajstić information content (AvgIpc) is 3.19. The summed E-state index contributed by atoms with van der Waals surface area (Å²) in [5, 5.41) is 14.6. The van der Waals surface area contributed by atoms with Gasteiger partial charge in [-0.2, -0.15) is 10.2 Å². The van der Waals surface area contributed by atoms with Gasteiger partial charge in [0.1, 0.15) is 5.15 Å². The van der Waals surface area contributed by atoms with Crippen LogP contribution in [0.15, 0.2) is 41.7 Å². The molecule has 4 heterocycles. The third-order valence-corrected chi connectivity index (χ3v) is 4.47. The third-order valence-electron chi connectivity index (χ3n) is 4.26. The number of rotatable bonds is 4. The van der Waals surface area contributed by atoms with E-state index in [1.807, 2.05) is 27.9 Å². The lowest BCUT2D eigenvalue weighted by Gasteiger charge is -2.03. The van der Waals surface area contributed by atoms with Crippen molar-refractivity contribution in [2.24, 2.45) is 14.1 Å². The van der Waals surface area contributed by atoms with Crippen molar-refractivity contribution in [3.63, 3.8) is 0 Å². The first-order valence-corrected chi connectivity index (χ1v) is 9.26. The molecule has 0 saturated carbocycles. The maximum absolute atomic E-state index is 11.0. The molecule has 0 fully saturated rings. The van der Waals surface area contributed by atoms with Crippen LogP contribution in [-0.2, 0) is 14.1 Å². The molecule has 0 unspecified atom stereocenters. The van der Waals surface area contributed by atoms with Crippen LogP contribution in [0.3, 0.4) is 0 Å². The summed E-state index contributed by atoms with van der Waals surface area (Å²) in [6, 6.07) is 2.99. The second kappa shape index (κ2) is 9.18. The van der Waals surface area contributed by atoms with Crippen LogP contribution in [0.4, 0.5) is 23.3 Å². The summed E-state index contributed by atoms with van der Waals surface area (Å²) in [6.07, 6.45) is 6.46. The highest BCUT2D eigenvalue weighted by Crippen LogP contribution is 2.17. The molecule has 12 heteroatoms. The molecule has 0 amide bonds. The van der Waals surface area contributed by atoms with Crippen molar-refractivity contribution in [2.45, 2.75) is 13.8 Å². The number of hydrogen-bond acceptors (Lipinski definition) is 8. The van der Waals surface area contributed by atoms with Gasteiger partial charge in [0.15, 0.2) is 0 Å². The topological polar surface area (TPSA) is 131 Å². The zero-order chi connectivity index (χ0) is 21.7. The van der Waals surface area contributed by atoms with Crippen molar-refractivity contribution in [1.82, 2.24) is 39.5 Å². The van der Waals surface area contributed by atoms with E-state index in [0.29, 0.717) is 17.0 Å². The van der Waals surface area contributed by atoms with Crippen LogP contribution in [0, 0.1) is 13.8 Å². The molecule has 0 aromatic carbocycles. The van der Waals surface area contributed by atoms with Gasteiger partial charge in [-0.25, -0.2) is 15.0 Å². The van der Waals surface area contributed by atoms with Gasteiger partial charge in [0.05, 0.1) is 35.2 Å². The minimum absolute atomic E-state index is 0.186. The number of halogens is 1. The summed E-state index contributed by atoms with van der Waals surface area (Å²) in [7, 11) is 3.72. The second-order valence-corrected chi connectivity index (χ2v) is 6.66. The summed E-state index contributed by atoms with van der Waals surface area (Å²) in [6.45, 7) is 3.89. The van der Waals surface area contributed by atoms with Gasteiger partial charge in [-0.15, -0.1) is 0 Å². The van der Waals surface area contributed by atoms with E-state index < -0.39 is 0 Å². The molecule has 3 N–H and O–H groups in total. The quantitative estimate of drug-likeness (QED) is 0.422. The monoisotopic (exact) mass is 428 g/mol.